The molecule has 0 saturated heterocycles. The van der Waals surface area contributed by atoms with Gasteiger partial charge in [-0.05, 0) is 36.6 Å². The minimum Gasteiger partial charge on any atom is -0.478 e. The third-order valence-electron chi connectivity index (χ3n) is 8.39. The number of carboxylic acids is 1. The molecule has 0 spiro atoms. The Morgan fingerprint density at radius 1 is 0.569 bits per heavy atom. The van der Waals surface area contributed by atoms with Crippen molar-refractivity contribution < 1.29 is 57.8 Å². The van der Waals surface area contributed by atoms with Gasteiger partial charge < -0.3 is 10.4 Å². The molecule has 4 aliphatic heterocycles. The number of benzene rings is 1. The Hall–Kier alpha value is -6.65. The zero-order valence-corrected chi connectivity index (χ0v) is 26.7. The fraction of sp³-hybridized carbons (Fsp3) is 0.265. The Balaban J connectivity index is 1.24. The first-order valence-corrected chi connectivity index (χ1v) is 15.6. The van der Waals surface area contributed by atoms with Crippen molar-refractivity contribution >= 4 is 70.6 Å². The molecule has 2 atom stereocenters. The van der Waals surface area contributed by atoms with Crippen LogP contribution in [-0.2, 0) is 54.4 Å². The molecule has 17 heteroatoms. The van der Waals surface area contributed by atoms with Gasteiger partial charge in [0, 0.05) is 73.6 Å². The van der Waals surface area contributed by atoms with E-state index in [0.717, 1.165) is 74.3 Å². The van der Waals surface area contributed by atoms with Crippen LogP contribution in [0.15, 0.2) is 66.8 Å². The summed E-state index contributed by atoms with van der Waals surface area (Å²) in [7, 11) is 0. The van der Waals surface area contributed by atoms with E-state index in [-0.39, 0.29) is 62.0 Å². The van der Waals surface area contributed by atoms with Crippen molar-refractivity contribution in [1.82, 2.24) is 19.6 Å². The Morgan fingerprint density at radius 2 is 0.980 bits per heavy atom. The number of Topliss-reactive ketones (excluding diaryl/α,β-unsaturated/α-hetero) is 1. The van der Waals surface area contributed by atoms with Crippen LogP contribution in [0.25, 0.3) is 0 Å². The number of hydrogen-bond donors (Lipinski definition) is 2. The fourth-order valence-corrected chi connectivity index (χ4v) is 5.95. The summed E-state index contributed by atoms with van der Waals surface area (Å²) < 4.78 is 0. The normalized spacial score (nSPS) is 18.0. The van der Waals surface area contributed by atoms with Crippen LogP contribution < -0.4 is 5.32 Å². The van der Waals surface area contributed by atoms with E-state index in [4.69, 9.17) is 0 Å². The predicted octanol–water partition coefficient (Wildman–Crippen LogP) is -0.567. The summed E-state index contributed by atoms with van der Waals surface area (Å²) >= 11 is 0. The Labute approximate surface area is 288 Å². The number of ketones is 1. The molecule has 0 radical (unpaired) electrons. The lowest BCUT2D eigenvalue weighted by Crippen LogP contribution is -2.48. The van der Waals surface area contributed by atoms with E-state index >= 15 is 0 Å². The summed E-state index contributed by atoms with van der Waals surface area (Å²) in [5.41, 5.74) is -0.0483. The number of aromatic carboxylic acids is 1. The van der Waals surface area contributed by atoms with Gasteiger partial charge in [0.25, 0.3) is 47.3 Å². The van der Waals surface area contributed by atoms with Crippen LogP contribution in [0.5, 0.6) is 0 Å². The highest BCUT2D eigenvalue weighted by molar-refractivity contribution is 6.15. The molecule has 5 rings (SSSR count). The predicted molar refractivity (Wildman–Crippen MR) is 170 cm³/mol. The molecular weight excluding hydrogens is 670 g/mol. The Morgan fingerprint density at radius 3 is 1.41 bits per heavy atom. The van der Waals surface area contributed by atoms with Crippen LogP contribution in [0.1, 0.15) is 41.6 Å². The number of carbonyl (C=O) groups is 11. The van der Waals surface area contributed by atoms with Gasteiger partial charge in [-0.25, -0.2) is 4.79 Å². The van der Waals surface area contributed by atoms with E-state index in [2.05, 4.69) is 5.32 Å². The van der Waals surface area contributed by atoms with Crippen LogP contribution in [0.4, 0.5) is 5.69 Å². The number of carboxylic acid groups (broad SMARTS) is 1. The van der Waals surface area contributed by atoms with Gasteiger partial charge in [-0.1, -0.05) is 0 Å². The third-order valence-corrected chi connectivity index (χ3v) is 8.39. The summed E-state index contributed by atoms with van der Waals surface area (Å²) in [5, 5.41) is 12.2. The van der Waals surface area contributed by atoms with Crippen molar-refractivity contribution in [2.24, 2.45) is 0 Å². The molecule has 17 nitrogen and oxygen atoms in total. The second-order valence-electron chi connectivity index (χ2n) is 11.9. The summed E-state index contributed by atoms with van der Waals surface area (Å²) in [6.45, 7) is -0.683. The highest BCUT2D eigenvalue weighted by Gasteiger charge is 2.37. The van der Waals surface area contributed by atoms with E-state index in [1.54, 1.807) is 0 Å². The van der Waals surface area contributed by atoms with Gasteiger partial charge in [0.05, 0.1) is 30.7 Å². The molecule has 0 bridgehead atoms. The molecule has 0 fully saturated rings. The van der Waals surface area contributed by atoms with Gasteiger partial charge in [0.15, 0.2) is 0 Å². The van der Waals surface area contributed by atoms with Crippen molar-refractivity contribution in [3.63, 3.8) is 0 Å². The maximum absolute atomic E-state index is 13.1. The molecule has 262 valence electrons. The van der Waals surface area contributed by atoms with Crippen LogP contribution in [0.3, 0.4) is 0 Å². The SMILES string of the molecule is O=C(CCC(CN1C(=O)C=CC1=O)N1C(=O)C=CC1=O)Cc1cc(NC(=O)CCC(CN2C(=O)C=CC2=O)N2C(=O)C=CC2=O)cc(C(=O)O)c1. The highest BCUT2D eigenvalue weighted by atomic mass is 16.4. The van der Waals surface area contributed by atoms with Gasteiger partial charge in [0.2, 0.25) is 5.91 Å². The summed E-state index contributed by atoms with van der Waals surface area (Å²) in [6.07, 6.45) is 7.15. The molecule has 1 aromatic rings. The van der Waals surface area contributed by atoms with Gasteiger partial charge in [-0.3, -0.25) is 67.5 Å². The van der Waals surface area contributed by atoms with Crippen molar-refractivity contribution in [1.29, 1.82) is 0 Å². The Bertz CT molecular complexity index is 1730. The zero-order chi connectivity index (χ0) is 37.0. The lowest BCUT2D eigenvalue weighted by Gasteiger charge is -2.29. The van der Waals surface area contributed by atoms with E-state index in [0.29, 0.717) is 0 Å². The van der Waals surface area contributed by atoms with Gasteiger partial charge in [-0.2, -0.15) is 0 Å². The van der Waals surface area contributed by atoms with Crippen molar-refractivity contribution in [2.45, 2.75) is 44.2 Å². The van der Waals surface area contributed by atoms with Crippen LogP contribution in [0.2, 0.25) is 0 Å². The zero-order valence-electron chi connectivity index (χ0n) is 26.7. The van der Waals surface area contributed by atoms with E-state index in [9.17, 15) is 57.8 Å². The molecule has 0 saturated carbocycles. The number of hydrogen-bond acceptors (Lipinski definition) is 11. The number of amides is 9. The first-order valence-electron chi connectivity index (χ1n) is 15.6. The maximum atomic E-state index is 13.1. The molecule has 0 aliphatic carbocycles. The standard InChI is InChI=1S/C34H29N5O12/c40-24(3-1-22(38-30(46)9-10-31(38)47)17-36-26(42)5-6-27(36)43)15-19-13-20(34(50)51)16-21(14-19)35-25(41)4-2-23(39-32(48)11-12-33(39)49)18-37-28(44)7-8-29(37)45/h5-14,16,22-23H,1-4,15,17-18H2,(H,35,41)(H,50,51). The fourth-order valence-electron chi connectivity index (χ4n) is 5.95. The lowest BCUT2D eigenvalue weighted by atomic mass is 9.99. The van der Waals surface area contributed by atoms with Crippen molar-refractivity contribution in [3.8, 4) is 0 Å². The van der Waals surface area contributed by atoms with Crippen LogP contribution in [-0.4, -0.2) is 115 Å². The number of nitrogens with one attached hydrogen (secondary N) is 1. The topological polar surface area (TPSA) is 233 Å². The number of carbonyl (C=O) groups excluding carboxylic acids is 10. The highest BCUT2D eigenvalue weighted by Crippen LogP contribution is 2.22. The minimum atomic E-state index is -1.36. The van der Waals surface area contributed by atoms with E-state index in [1.165, 1.54) is 12.1 Å². The number of nitrogens with zero attached hydrogens (tertiary/aromatic N) is 4. The third kappa shape index (κ3) is 8.15. The molecule has 4 aliphatic rings. The molecule has 4 heterocycles. The molecule has 51 heavy (non-hydrogen) atoms. The van der Waals surface area contributed by atoms with Gasteiger partial charge in [-0.15, -0.1) is 0 Å². The second kappa shape index (κ2) is 14.9. The van der Waals surface area contributed by atoms with Crippen molar-refractivity contribution in [2.75, 3.05) is 18.4 Å². The Kier molecular flexibility index (Phi) is 10.4. The lowest BCUT2D eigenvalue weighted by molar-refractivity contribution is -0.145. The minimum absolute atomic E-state index is 0.0131. The average Bonchev–Trinajstić information content (AvgIpc) is 3.79. The molecule has 0 aromatic heterocycles. The summed E-state index contributed by atoms with van der Waals surface area (Å²) in [5.74, 6) is -7.74. The second-order valence-corrected chi connectivity index (χ2v) is 11.9. The van der Waals surface area contributed by atoms with Gasteiger partial charge in [0.1, 0.15) is 5.78 Å². The van der Waals surface area contributed by atoms with E-state index in [1.807, 2.05) is 0 Å². The van der Waals surface area contributed by atoms with E-state index < -0.39 is 77.0 Å². The maximum Gasteiger partial charge on any atom is 0.335 e. The van der Waals surface area contributed by atoms with Crippen LogP contribution in [0, 0.1) is 0 Å². The first-order chi connectivity index (χ1) is 24.2. The molecule has 9 amide bonds. The molecular formula is C34H29N5O12. The molecule has 1 aromatic carbocycles. The quantitative estimate of drug-likeness (QED) is 0.207. The van der Waals surface area contributed by atoms with Crippen LogP contribution >= 0.6 is 0 Å². The molecule has 2 unspecified atom stereocenters. The number of anilines is 1. The monoisotopic (exact) mass is 699 g/mol. The summed E-state index contributed by atoms with van der Waals surface area (Å²) in [4.78, 5) is 139. The average molecular weight is 700 g/mol. The summed E-state index contributed by atoms with van der Waals surface area (Å²) in [6, 6.07) is 1.69. The first kappa shape index (κ1) is 35.7. The van der Waals surface area contributed by atoms with Gasteiger partial charge >= 0.3 is 5.97 Å². The largest absolute Gasteiger partial charge is 0.478 e. The smallest absolute Gasteiger partial charge is 0.335 e. The molecule has 2 N–H and O–H groups in total. The number of rotatable bonds is 16. The number of imide groups is 4. The van der Waals surface area contributed by atoms with Crippen molar-refractivity contribution in [3.05, 3.63) is 77.9 Å².